The van der Waals surface area contributed by atoms with E-state index in [9.17, 15) is 18.0 Å². The first-order valence-electron chi connectivity index (χ1n) is 4.82. The number of benzene rings is 1. The smallest absolute Gasteiger partial charge is 0.455 e. The Bertz CT molecular complexity index is 413. The molecule has 0 radical (unpaired) electrons. The van der Waals surface area contributed by atoms with Crippen molar-refractivity contribution < 1.29 is 27.4 Å². The SMILES string of the molecule is CCOc1cc(OC)ccc1C(=O)C(F)(F)F. The summed E-state index contributed by atoms with van der Waals surface area (Å²) in [5.74, 6) is -1.73. The van der Waals surface area contributed by atoms with Crippen molar-refractivity contribution in [2.75, 3.05) is 13.7 Å². The van der Waals surface area contributed by atoms with Crippen molar-refractivity contribution in [3.8, 4) is 11.5 Å². The van der Waals surface area contributed by atoms with Crippen molar-refractivity contribution >= 4 is 5.78 Å². The van der Waals surface area contributed by atoms with Gasteiger partial charge in [0.05, 0.1) is 19.3 Å². The lowest BCUT2D eigenvalue weighted by Crippen LogP contribution is -2.23. The molecule has 6 heteroatoms. The van der Waals surface area contributed by atoms with Gasteiger partial charge in [0.25, 0.3) is 5.78 Å². The van der Waals surface area contributed by atoms with Gasteiger partial charge in [-0.15, -0.1) is 0 Å². The molecule has 0 unspecified atom stereocenters. The summed E-state index contributed by atoms with van der Waals surface area (Å²) in [6, 6.07) is 3.57. The van der Waals surface area contributed by atoms with Gasteiger partial charge in [-0.2, -0.15) is 13.2 Å². The molecule has 0 heterocycles. The van der Waals surface area contributed by atoms with Crippen LogP contribution in [-0.4, -0.2) is 25.7 Å². The zero-order chi connectivity index (χ0) is 13.1. The number of Topliss-reactive ketones (excluding diaryl/α,β-unsaturated/α-hetero) is 1. The fourth-order valence-electron chi connectivity index (χ4n) is 1.24. The van der Waals surface area contributed by atoms with E-state index in [1.165, 1.54) is 19.2 Å². The average Bonchev–Trinajstić information content (AvgIpc) is 2.27. The lowest BCUT2D eigenvalue weighted by Gasteiger charge is -2.12. The van der Waals surface area contributed by atoms with Crippen LogP contribution in [0.25, 0.3) is 0 Å². The molecule has 0 spiro atoms. The summed E-state index contributed by atoms with van der Waals surface area (Å²) < 4.78 is 46.7. The monoisotopic (exact) mass is 248 g/mol. The Morgan fingerprint density at radius 3 is 2.47 bits per heavy atom. The first kappa shape index (κ1) is 13.3. The maximum Gasteiger partial charge on any atom is 0.455 e. The lowest BCUT2D eigenvalue weighted by atomic mass is 10.1. The number of rotatable bonds is 4. The molecule has 3 nitrogen and oxygen atoms in total. The first-order valence-corrected chi connectivity index (χ1v) is 4.82. The van der Waals surface area contributed by atoms with Gasteiger partial charge in [0.15, 0.2) is 0 Å². The third-order valence-corrected chi connectivity index (χ3v) is 1.99. The summed E-state index contributed by atoms with van der Waals surface area (Å²) in [5, 5.41) is 0. The molecule has 0 saturated carbocycles. The van der Waals surface area contributed by atoms with E-state index in [-0.39, 0.29) is 12.4 Å². The summed E-state index contributed by atoms with van der Waals surface area (Å²) >= 11 is 0. The fourth-order valence-corrected chi connectivity index (χ4v) is 1.24. The van der Waals surface area contributed by atoms with Crippen LogP contribution in [0, 0.1) is 0 Å². The largest absolute Gasteiger partial charge is 0.497 e. The molecule has 0 bridgehead atoms. The zero-order valence-corrected chi connectivity index (χ0v) is 9.30. The molecule has 17 heavy (non-hydrogen) atoms. The van der Waals surface area contributed by atoms with E-state index in [4.69, 9.17) is 9.47 Å². The van der Waals surface area contributed by atoms with Gasteiger partial charge in [-0.3, -0.25) is 4.79 Å². The molecule has 0 aromatic heterocycles. The van der Waals surface area contributed by atoms with Crippen LogP contribution >= 0.6 is 0 Å². The van der Waals surface area contributed by atoms with Crippen LogP contribution in [0.5, 0.6) is 11.5 Å². The van der Waals surface area contributed by atoms with E-state index in [1.807, 2.05) is 0 Å². The normalized spacial score (nSPS) is 11.1. The quantitative estimate of drug-likeness (QED) is 0.768. The number of carbonyl (C=O) groups excluding carboxylic acids is 1. The van der Waals surface area contributed by atoms with Crippen molar-refractivity contribution in [3.63, 3.8) is 0 Å². The highest BCUT2D eigenvalue weighted by atomic mass is 19.4. The number of hydrogen-bond donors (Lipinski definition) is 0. The van der Waals surface area contributed by atoms with Crippen LogP contribution in [0.15, 0.2) is 18.2 Å². The van der Waals surface area contributed by atoms with E-state index in [2.05, 4.69) is 0 Å². The standard InChI is InChI=1S/C11H11F3O3/c1-3-17-9-6-7(16-2)4-5-8(9)10(15)11(12,13)14/h4-6H,3H2,1-2H3. The van der Waals surface area contributed by atoms with E-state index in [0.717, 1.165) is 6.07 Å². The molecule has 0 aliphatic carbocycles. The first-order chi connectivity index (χ1) is 7.90. The summed E-state index contributed by atoms with van der Waals surface area (Å²) in [5.41, 5.74) is -0.514. The van der Waals surface area contributed by atoms with Crippen LogP contribution < -0.4 is 9.47 Å². The molecular formula is C11H11F3O3. The Kier molecular flexibility index (Phi) is 3.98. The highest BCUT2D eigenvalue weighted by molar-refractivity contribution is 6.02. The van der Waals surface area contributed by atoms with Gasteiger partial charge in [0.2, 0.25) is 0 Å². The molecule has 0 aliphatic rings. The third kappa shape index (κ3) is 3.12. The van der Waals surface area contributed by atoms with Crippen LogP contribution in [0.1, 0.15) is 17.3 Å². The van der Waals surface area contributed by atoms with Crippen molar-refractivity contribution in [1.82, 2.24) is 0 Å². The summed E-state index contributed by atoms with van der Waals surface area (Å²) in [6.07, 6.45) is -4.92. The number of ketones is 1. The molecule has 1 aromatic rings. The summed E-state index contributed by atoms with van der Waals surface area (Å²) in [4.78, 5) is 11.1. The number of ether oxygens (including phenoxy) is 2. The van der Waals surface area contributed by atoms with Gasteiger partial charge in [0.1, 0.15) is 11.5 Å². The lowest BCUT2D eigenvalue weighted by molar-refractivity contribution is -0.0886. The van der Waals surface area contributed by atoms with Crippen molar-refractivity contribution in [1.29, 1.82) is 0 Å². The zero-order valence-electron chi connectivity index (χ0n) is 9.30. The minimum atomic E-state index is -4.92. The predicted molar refractivity (Wildman–Crippen MR) is 54.5 cm³/mol. The van der Waals surface area contributed by atoms with Gasteiger partial charge in [-0.05, 0) is 19.1 Å². The molecule has 0 atom stereocenters. The number of carbonyl (C=O) groups is 1. The molecule has 1 rings (SSSR count). The molecule has 0 N–H and O–H groups in total. The van der Waals surface area contributed by atoms with Gasteiger partial charge in [0, 0.05) is 6.07 Å². The Morgan fingerprint density at radius 1 is 1.35 bits per heavy atom. The molecule has 0 amide bonds. The van der Waals surface area contributed by atoms with E-state index in [1.54, 1.807) is 6.92 Å². The number of methoxy groups -OCH3 is 1. The van der Waals surface area contributed by atoms with Crippen molar-refractivity contribution in [2.24, 2.45) is 0 Å². The average molecular weight is 248 g/mol. The molecule has 0 aliphatic heterocycles. The summed E-state index contributed by atoms with van der Waals surface area (Å²) in [6.45, 7) is 1.77. The predicted octanol–water partition coefficient (Wildman–Crippen LogP) is 2.84. The Hall–Kier alpha value is -1.72. The Balaban J connectivity index is 3.18. The molecule has 0 fully saturated rings. The highest BCUT2D eigenvalue weighted by Gasteiger charge is 2.40. The van der Waals surface area contributed by atoms with Gasteiger partial charge in [-0.25, -0.2) is 0 Å². The van der Waals surface area contributed by atoms with Crippen LogP contribution in [-0.2, 0) is 0 Å². The van der Waals surface area contributed by atoms with Crippen molar-refractivity contribution in [3.05, 3.63) is 23.8 Å². The highest BCUT2D eigenvalue weighted by Crippen LogP contribution is 2.30. The van der Waals surface area contributed by atoms with Crippen molar-refractivity contribution in [2.45, 2.75) is 13.1 Å². The second kappa shape index (κ2) is 5.07. The Morgan fingerprint density at radius 2 is 2.00 bits per heavy atom. The Labute approximate surface area is 96.1 Å². The van der Waals surface area contributed by atoms with E-state index in [0.29, 0.717) is 5.75 Å². The second-order valence-electron chi connectivity index (χ2n) is 3.12. The van der Waals surface area contributed by atoms with Crippen LogP contribution in [0.2, 0.25) is 0 Å². The minimum Gasteiger partial charge on any atom is -0.497 e. The number of halogens is 3. The third-order valence-electron chi connectivity index (χ3n) is 1.99. The van der Waals surface area contributed by atoms with Gasteiger partial charge < -0.3 is 9.47 Å². The van der Waals surface area contributed by atoms with E-state index < -0.39 is 17.5 Å². The maximum atomic E-state index is 12.3. The molecular weight excluding hydrogens is 237 g/mol. The minimum absolute atomic E-state index is 0.130. The topological polar surface area (TPSA) is 35.5 Å². The maximum absolute atomic E-state index is 12.3. The fraction of sp³-hybridized carbons (Fsp3) is 0.364. The summed E-state index contributed by atoms with van der Waals surface area (Å²) in [7, 11) is 1.37. The number of alkyl halides is 3. The number of hydrogen-bond acceptors (Lipinski definition) is 3. The molecule has 1 aromatic carbocycles. The molecule has 0 saturated heterocycles. The van der Waals surface area contributed by atoms with Crippen LogP contribution in [0.3, 0.4) is 0 Å². The molecule has 94 valence electrons. The van der Waals surface area contributed by atoms with E-state index >= 15 is 0 Å². The van der Waals surface area contributed by atoms with Gasteiger partial charge >= 0.3 is 6.18 Å². The second-order valence-corrected chi connectivity index (χ2v) is 3.12. The van der Waals surface area contributed by atoms with Crippen LogP contribution in [0.4, 0.5) is 13.2 Å². The van der Waals surface area contributed by atoms with Gasteiger partial charge in [-0.1, -0.05) is 0 Å².